The molecule has 0 aliphatic rings. The highest BCUT2D eigenvalue weighted by atomic mass is 16.5. The zero-order valence-corrected chi connectivity index (χ0v) is 15.2. The van der Waals surface area contributed by atoms with E-state index in [2.05, 4.69) is 18.2 Å². The molecule has 0 aromatic heterocycles. The Morgan fingerprint density at radius 3 is 2.65 bits per heavy atom. The van der Waals surface area contributed by atoms with Crippen LogP contribution in [-0.2, 0) is 6.54 Å². The van der Waals surface area contributed by atoms with Gasteiger partial charge in [0.15, 0.2) is 11.5 Å². The number of methoxy groups -OCH3 is 1. The average Bonchev–Trinajstić information content (AvgIpc) is 2.69. The van der Waals surface area contributed by atoms with Crippen LogP contribution < -0.4 is 19.5 Å². The van der Waals surface area contributed by atoms with Crippen molar-refractivity contribution in [2.24, 2.45) is 0 Å². The summed E-state index contributed by atoms with van der Waals surface area (Å²) in [5.41, 5.74) is 2.12. The number of aliphatic hydroxyl groups is 1. The predicted octanol–water partition coefficient (Wildman–Crippen LogP) is 2.93. The summed E-state index contributed by atoms with van der Waals surface area (Å²) in [6.07, 6.45) is 5.27. The molecule has 0 amide bonds. The zero-order chi connectivity index (χ0) is 18.8. The monoisotopic (exact) mass is 355 g/mol. The second kappa shape index (κ2) is 10.3. The molecule has 2 aromatic carbocycles. The van der Waals surface area contributed by atoms with Crippen LogP contribution in [0.25, 0.3) is 0 Å². The maximum absolute atomic E-state index is 8.89. The number of aliphatic hydroxyl groups excluding tert-OH is 1. The zero-order valence-electron chi connectivity index (χ0n) is 15.2. The van der Waals surface area contributed by atoms with Gasteiger partial charge in [-0.05, 0) is 30.7 Å². The molecule has 2 rings (SSSR count). The molecule has 0 aliphatic heterocycles. The number of para-hydroxylation sites is 1. The molecule has 0 radical (unpaired) electrons. The number of rotatable bonds is 10. The van der Waals surface area contributed by atoms with Crippen molar-refractivity contribution < 1.29 is 19.3 Å². The van der Waals surface area contributed by atoms with Gasteiger partial charge in [-0.3, -0.25) is 0 Å². The van der Waals surface area contributed by atoms with Gasteiger partial charge in [0.1, 0.15) is 19.0 Å². The fraction of sp³-hybridized carbons (Fsp3) is 0.333. The molecule has 2 N–H and O–H groups in total. The average molecular weight is 355 g/mol. The van der Waals surface area contributed by atoms with Gasteiger partial charge in [0, 0.05) is 18.2 Å². The minimum absolute atomic E-state index is 0.0377. The SMILES string of the molecule is C#CCOc1ccccc1CNC(C)c1ccc(OCCO)c(OC)c1. The van der Waals surface area contributed by atoms with Crippen molar-refractivity contribution >= 4 is 0 Å². The molecule has 138 valence electrons. The Bertz CT molecular complexity index is 739. The summed E-state index contributed by atoms with van der Waals surface area (Å²) >= 11 is 0. The molecular weight excluding hydrogens is 330 g/mol. The summed E-state index contributed by atoms with van der Waals surface area (Å²) < 4.78 is 16.4. The first-order valence-electron chi connectivity index (χ1n) is 8.48. The number of nitrogens with one attached hydrogen (secondary N) is 1. The van der Waals surface area contributed by atoms with E-state index in [1.807, 2.05) is 42.5 Å². The second-order valence-corrected chi connectivity index (χ2v) is 5.69. The molecule has 1 atom stereocenters. The number of terminal acetylenes is 1. The van der Waals surface area contributed by atoms with Crippen LogP contribution in [-0.4, -0.2) is 32.0 Å². The number of benzene rings is 2. The predicted molar refractivity (Wildman–Crippen MR) is 102 cm³/mol. The standard InChI is InChI=1S/C21H25NO4/c1-4-12-25-19-8-6-5-7-18(19)15-22-16(2)17-9-10-20(26-13-11-23)21(14-17)24-3/h1,5-10,14,16,22-23H,11-13,15H2,2-3H3. The minimum atomic E-state index is -0.0377. The first-order valence-corrected chi connectivity index (χ1v) is 8.48. The molecular formula is C21H25NO4. The van der Waals surface area contributed by atoms with E-state index in [9.17, 15) is 0 Å². The van der Waals surface area contributed by atoms with Crippen molar-refractivity contribution in [1.29, 1.82) is 0 Å². The molecule has 0 saturated heterocycles. The second-order valence-electron chi connectivity index (χ2n) is 5.69. The summed E-state index contributed by atoms with van der Waals surface area (Å²) in [6, 6.07) is 13.7. The highest BCUT2D eigenvalue weighted by Crippen LogP contribution is 2.30. The maximum atomic E-state index is 8.89. The van der Waals surface area contributed by atoms with Crippen molar-refractivity contribution in [2.75, 3.05) is 26.9 Å². The largest absolute Gasteiger partial charge is 0.493 e. The van der Waals surface area contributed by atoms with Crippen LogP contribution in [0.15, 0.2) is 42.5 Å². The van der Waals surface area contributed by atoms with E-state index in [4.69, 9.17) is 25.7 Å². The van der Waals surface area contributed by atoms with E-state index in [1.165, 1.54) is 0 Å². The van der Waals surface area contributed by atoms with E-state index in [0.29, 0.717) is 18.0 Å². The van der Waals surface area contributed by atoms with E-state index >= 15 is 0 Å². The van der Waals surface area contributed by atoms with Crippen LogP contribution in [0.5, 0.6) is 17.2 Å². The van der Waals surface area contributed by atoms with Gasteiger partial charge in [-0.15, -0.1) is 6.42 Å². The molecule has 5 nitrogen and oxygen atoms in total. The number of hydrogen-bond donors (Lipinski definition) is 2. The summed E-state index contributed by atoms with van der Waals surface area (Å²) in [5.74, 6) is 4.53. The van der Waals surface area contributed by atoms with Crippen LogP contribution in [0.4, 0.5) is 0 Å². The van der Waals surface area contributed by atoms with E-state index in [0.717, 1.165) is 16.9 Å². The molecule has 0 bridgehead atoms. The third-order valence-electron chi connectivity index (χ3n) is 3.92. The van der Waals surface area contributed by atoms with Gasteiger partial charge in [0.05, 0.1) is 13.7 Å². The van der Waals surface area contributed by atoms with E-state index in [1.54, 1.807) is 7.11 Å². The van der Waals surface area contributed by atoms with Crippen LogP contribution >= 0.6 is 0 Å². The van der Waals surface area contributed by atoms with Crippen LogP contribution in [0.3, 0.4) is 0 Å². The van der Waals surface area contributed by atoms with Crippen molar-refractivity contribution in [1.82, 2.24) is 5.32 Å². The lowest BCUT2D eigenvalue weighted by Crippen LogP contribution is -2.18. The highest BCUT2D eigenvalue weighted by molar-refractivity contribution is 5.44. The van der Waals surface area contributed by atoms with Crippen molar-refractivity contribution in [3.05, 3.63) is 53.6 Å². The molecule has 0 heterocycles. The van der Waals surface area contributed by atoms with Gasteiger partial charge >= 0.3 is 0 Å². The number of ether oxygens (including phenoxy) is 3. The Labute approximate surface area is 154 Å². The number of hydrogen-bond acceptors (Lipinski definition) is 5. The third-order valence-corrected chi connectivity index (χ3v) is 3.92. The minimum Gasteiger partial charge on any atom is -0.493 e. The quantitative estimate of drug-likeness (QED) is 0.642. The lowest BCUT2D eigenvalue weighted by atomic mass is 10.1. The molecule has 0 spiro atoms. The molecule has 0 fully saturated rings. The van der Waals surface area contributed by atoms with Gasteiger partial charge in [0.25, 0.3) is 0 Å². The van der Waals surface area contributed by atoms with Crippen LogP contribution in [0.1, 0.15) is 24.1 Å². The van der Waals surface area contributed by atoms with Gasteiger partial charge in [-0.25, -0.2) is 0 Å². The van der Waals surface area contributed by atoms with Crippen molar-refractivity contribution in [3.63, 3.8) is 0 Å². The Kier molecular flexibility index (Phi) is 7.81. The molecule has 0 aliphatic carbocycles. The lowest BCUT2D eigenvalue weighted by molar-refractivity contribution is 0.196. The topological polar surface area (TPSA) is 60.0 Å². The van der Waals surface area contributed by atoms with Gasteiger partial charge in [-0.2, -0.15) is 0 Å². The van der Waals surface area contributed by atoms with Crippen molar-refractivity contribution in [2.45, 2.75) is 19.5 Å². The van der Waals surface area contributed by atoms with E-state index in [-0.39, 0.29) is 25.9 Å². The first-order chi connectivity index (χ1) is 12.7. The summed E-state index contributed by atoms with van der Waals surface area (Å²) in [6.45, 7) is 3.17. The van der Waals surface area contributed by atoms with Crippen molar-refractivity contribution in [3.8, 4) is 29.6 Å². The third kappa shape index (κ3) is 5.41. The smallest absolute Gasteiger partial charge is 0.161 e. The summed E-state index contributed by atoms with van der Waals surface area (Å²) in [5, 5.41) is 12.4. The van der Waals surface area contributed by atoms with Gasteiger partial charge < -0.3 is 24.6 Å². The molecule has 0 saturated carbocycles. The normalized spacial score (nSPS) is 11.5. The van der Waals surface area contributed by atoms with Gasteiger partial charge in [-0.1, -0.05) is 30.2 Å². The summed E-state index contributed by atoms with van der Waals surface area (Å²) in [7, 11) is 1.60. The fourth-order valence-electron chi connectivity index (χ4n) is 2.52. The fourth-order valence-corrected chi connectivity index (χ4v) is 2.52. The van der Waals surface area contributed by atoms with Gasteiger partial charge in [0.2, 0.25) is 0 Å². The first kappa shape index (κ1) is 19.6. The Hall–Kier alpha value is -2.68. The Balaban J connectivity index is 2.04. The van der Waals surface area contributed by atoms with Crippen LogP contribution in [0, 0.1) is 12.3 Å². The Morgan fingerprint density at radius 2 is 1.92 bits per heavy atom. The molecule has 26 heavy (non-hydrogen) atoms. The highest BCUT2D eigenvalue weighted by Gasteiger charge is 2.11. The lowest BCUT2D eigenvalue weighted by Gasteiger charge is -2.18. The van der Waals surface area contributed by atoms with Crippen LogP contribution in [0.2, 0.25) is 0 Å². The molecule has 1 unspecified atom stereocenters. The summed E-state index contributed by atoms with van der Waals surface area (Å²) in [4.78, 5) is 0. The van der Waals surface area contributed by atoms with E-state index < -0.39 is 0 Å². The Morgan fingerprint density at radius 1 is 1.12 bits per heavy atom. The maximum Gasteiger partial charge on any atom is 0.161 e. The molecule has 5 heteroatoms. The molecule has 2 aromatic rings.